The summed E-state index contributed by atoms with van der Waals surface area (Å²) in [5.41, 5.74) is 9.69. The van der Waals surface area contributed by atoms with Gasteiger partial charge in [-0.2, -0.15) is 0 Å². The summed E-state index contributed by atoms with van der Waals surface area (Å²) >= 11 is 0. The third kappa shape index (κ3) is 3.72. The SMILES string of the molecule is CCCCc1ccc(CN2CCOCC2)cc1N. The summed E-state index contributed by atoms with van der Waals surface area (Å²) in [4.78, 5) is 2.42. The molecule has 1 saturated heterocycles. The first-order valence-electron chi connectivity index (χ1n) is 6.97. The van der Waals surface area contributed by atoms with Crippen molar-refractivity contribution in [2.45, 2.75) is 32.7 Å². The van der Waals surface area contributed by atoms with Crippen LogP contribution in [0.4, 0.5) is 5.69 Å². The largest absolute Gasteiger partial charge is 0.398 e. The number of nitrogen functional groups attached to an aromatic ring is 1. The molecular weight excluding hydrogens is 224 g/mol. The first kappa shape index (κ1) is 13.4. The van der Waals surface area contributed by atoms with Gasteiger partial charge in [-0.15, -0.1) is 0 Å². The summed E-state index contributed by atoms with van der Waals surface area (Å²) in [6, 6.07) is 6.55. The number of rotatable bonds is 5. The molecule has 0 bridgehead atoms. The quantitative estimate of drug-likeness (QED) is 0.813. The second-order valence-corrected chi connectivity index (χ2v) is 5.03. The van der Waals surface area contributed by atoms with Crippen LogP contribution in [0.15, 0.2) is 18.2 Å². The molecule has 0 amide bonds. The summed E-state index contributed by atoms with van der Waals surface area (Å²) in [7, 11) is 0. The molecule has 18 heavy (non-hydrogen) atoms. The van der Waals surface area contributed by atoms with Gasteiger partial charge in [-0.3, -0.25) is 4.90 Å². The lowest BCUT2D eigenvalue weighted by molar-refractivity contribution is 0.0342. The number of anilines is 1. The molecule has 1 aromatic carbocycles. The van der Waals surface area contributed by atoms with Gasteiger partial charge in [0.1, 0.15) is 0 Å². The van der Waals surface area contributed by atoms with Gasteiger partial charge in [0.25, 0.3) is 0 Å². The summed E-state index contributed by atoms with van der Waals surface area (Å²) in [5, 5.41) is 0. The van der Waals surface area contributed by atoms with Crippen molar-refractivity contribution in [1.82, 2.24) is 4.90 Å². The molecular formula is C15H24N2O. The zero-order chi connectivity index (χ0) is 12.8. The molecule has 0 saturated carbocycles. The Kier molecular flexibility index (Phi) is 5.02. The Morgan fingerprint density at radius 3 is 2.72 bits per heavy atom. The molecule has 1 fully saturated rings. The minimum atomic E-state index is 0.851. The topological polar surface area (TPSA) is 38.5 Å². The van der Waals surface area contributed by atoms with Gasteiger partial charge in [-0.05, 0) is 30.0 Å². The summed E-state index contributed by atoms with van der Waals surface area (Å²) in [6.07, 6.45) is 3.53. The van der Waals surface area contributed by atoms with Crippen molar-refractivity contribution >= 4 is 5.69 Å². The Labute approximate surface area is 110 Å². The molecule has 1 heterocycles. The maximum atomic E-state index is 6.12. The number of aryl methyl sites for hydroxylation is 1. The molecule has 2 N–H and O–H groups in total. The smallest absolute Gasteiger partial charge is 0.0594 e. The van der Waals surface area contributed by atoms with Crippen LogP contribution in [-0.4, -0.2) is 31.2 Å². The van der Waals surface area contributed by atoms with Gasteiger partial charge in [-0.1, -0.05) is 25.5 Å². The van der Waals surface area contributed by atoms with Gasteiger partial charge < -0.3 is 10.5 Å². The number of unbranched alkanes of at least 4 members (excludes halogenated alkanes) is 1. The van der Waals surface area contributed by atoms with Gasteiger partial charge in [0.2, 0.25) is 0 Å². The highest BCUT2D eigenvalue weighted by molar-refractivity contribution is 5.49. The summed E-state index contributed by atoms with van der Waals surface area (Å²) < 4.78 is 5.36. The van der Waals surface area contributed by atoms with Crippen molar-refractivity contribution in [3.8, 4) is 0 Å². The molecule has 0 aliphatic carbocycles. The molecule has 1 aliphatic rings. The second kappa shape index (κ2) is 6.76. The van der Waals surface area contributed by atoms with E-state index in [0.29, 0.717) is 0 Å². The van der Waals surface area contributed by atoms with E-state index in [9.17, 15) is 0 Å². The predicted molar refractivity (Wildman–Crippen MR) is 75.6 cm³/mol. The standard InChI is InChI=1S/C15H24N2O/c1-2-3-4-14-6-5-13(11-15(14)16)12-17-7-9-18-10-8-17/h5-6,11H,2-4,7-10,12,16H2,1H3. The van der Waals surface area contributed by atoms with E-state index in [1.807, 2.05) is 0 Å². The Morgan fingerprint density at radius 2 is 2.06 bits per heavy atom. The monoisotopic (exact) mass is 248 g/mol. The number of hydrogen-bond donors (Lipinski definition) is 1. The minimum absolute atomic E-state index is 0.851. The van der Waals surface area contributed by atoms with E-state index < -0.39 is 0 Å². The van der Waals surface area contributed by atoms with Gasteiger partial charge >= 0.3 is 0 Å². The summed E-state index contributed by atoms with van der Waals surface area (Å²) in [5.74, 6) is 0. The molecule has 3 heteroatoms. The van der Waals surface area contributed by atoms with Crippen molar-refractivity contribution in [2.24, 2.45) is 0 Å². The number of benzene rings is 1. The van der Waals surface area contributed by atoms with Gasteiger partial charge in [-0.25, -0.2) is 0 Å². The highest BCUT2D eigenvalue weighted by atomic mass is 16.5. The van der Waals surface area contributed by atoms with E-state index in [1.165, 1.54) is 24.0 Å². The van der Waals surface area contributed by atoms with Crippen LogP contribution in [0.3, 0.4) is 0 Å². The van der Waals surface area contributed by atoms with Crippen LogP contribution >= 0.6 is 0 Å². The van der Waals surface area contributed by atoms with Crippen LogP contribution in [0, 0.1) is 0 Å². The molecule has 1 aliphatic heterocycles. The first-order valence-corrected chi connectivity index (χ1v) is 6.97. The average molecular weight is 248 g/mol. The molecule has 100 valence electrons. The van der Waals surface area contributed by atoms with Crippen molar-refractivity contribution in [1.29, 1.82) is 0 Å². The molecule has 2 rings (SSSR count). The van der Waals surface area contributed by atoms with Crippen LogP contribution in [0.5, 0.6) is 0 Å². The number of nitrogens with two attached hydrogens (primary N) is 1. The molecule has 0 spiro atoms. The van der Waals surface area contributed by atoms with E-state index in [0.717, 1.165) is 45.0 Å². The number of morpholine rings is 1. The maximum absolute atomic E-state index is 6.12. The molecule has 0 unspecified atom stereocenters. The van der Waals surface area contributed by atoms with E-state index in [-0.39, 0.29) is 0 Å². The van der Waals surface area contributed by atoms with Crippen LogP contribution in [-0.2, 0) is 17.7 Å². The Hall–Kier alpha value is -1.06. The van der Waals surface area contributed by atoms with E-state index in [4.69, 9.17) is 10.5 Å². The lowest BCUT2D eigenvalue weighted by atomic mass is 10.0. The fourth-order valence-electron chi connectivity index (χ4n) is 2.36. The van der Waals surface area contributed by atoms with Crippen LogP contribution in [0.2, 0.25) is 0 Å². The number of ether oxygens (including phenoxy) is 1. The van der Waals surface area contributed by atoms with Crippen LogP contribution in [0.25, 0.3) is 0 Å². The zero-order valence-corrected chi connectivity index (χ0v) is 11.3. The summed E-state index contributed by atoms with van der Waals surface area (Å²) in [6.45, 7) is 6.95. The van der Waals surface area contributed by atoms with Gasteiger partial charge in [0.05, 0.1) is 13.2 Å². The van der Waals surface area contributed by atoms with Crippen molar-refractivity contribution in [3.63, 3.8) is 0 Å². The third-order valence-electron chi connectivity index (χ3n) is 3.52. The third-order valence-corrected chi connectivity index (χ3v) is 3.52. The van der Waals surface area contributed by atoms with E-state index in [2.05, 4.69) is 30.0 Å². The lowest BCUT2D eigenvalue weighted by Gasteiger charge is -2.26. The molecule has 0 atom stereocenters. The van der Waals surface area contributed by atoms with E-state index >= 15 is 0 Å². The minimum Gasteiger partial charge on any atom is -0.398 e. The second-order valence-electron chi connectivity index (χ2n) is 5.03. The molecule has 1 aromatic rings. The highest BCUT2D eigenvalue weighted by Crippen LogP contribution is 2.18. The van der Waals surface area contributed by atoms with Crippen molar-refractivity contribution < 1.29 is 4.74 Å². The highest BCUT2D eigenvalue weighted by Gasteiger charge is 2.11. The van der Waals surface area contributed by atoms with Crippen molar-refractivity contribution in [2.75, 3.05) is 32.0 Å². The van der Waals surface area contributed by atoms with Crippen LogP contribution in [0.1, 0.15) is 30.9 Å². The van der Waals surface area contributed by atoms with Crippen molar-refractivity contribution in [3.05, 3.63) is 29.3 Å². The first-order chi connectivity index (χ1) is 8.79. The fourth-order valence-corrected chi connectivity index (χ4v) is 2.36. The normalized spacial score (nSPS) is 16.9. The lowest BCUT2D eigenvalue weighted by Crippen LogP contribution is -2.35. The fraction of sp³-hybridized carbons (Fsp3) is 0.600. The molecule has 0 aromatic heterocycles. The zero-order valence-electron chi connectivity index (χ0n) is 11.3. The maximum Gasteiger partial charge on any atom is 0.0594 e. The Bertz CT molecular complexity index is 373. The molecule has 3 nitrogen and oxygen atoms in total. The van der Waals surface area contributed by atoms with Gasteiger partial charge in [0.15, 0.2) is 0 Å². The van der Waals surface area contributed by atoms with Crippen LogP contribution < -0.4 is 5.73 Å². The Balaban J connectivity index is 1.94. The number of hydrogen-bond acceptors (Lipinski definition) is 3. The molecule has 0 radical (unpaired) electrons. The van der Waals surface area contributed by atoms with E-state index in [1.54, 1.807) is 0 Å². The van der Waals surface area contributed by atoms with Gasteiger partial charge in [0, 0.05) is 25.3 Å². The number of nitrogens with zero attached hydrogens (tertiary/aromatic N) is 1. The Morgan fingerprint density at radius 1 is 1.28 bits per heavy atom. The predicted octanol–water partition coefficient (Wildman–Crippen LogP) is 2.44. The average Bonchev–Trinajstić information content (AvgIpc) is 2.39.